The van der Waals surface area contributed by atoms with E-state index in [1.54, 1.807) is 48.5 Å². The number of aromatic nitrogens is 2. The van der Waals surface area contributed by atoms with Crippen LogP contribution in [0.15, 0.2) is 107 Å². The van der Waals surface area contributed by atoms with Gasteiger partial charge in [-0.1, -0.05) is 73.0 Å². The zero-order valence-corrected chi connectivity index (χ0v) is 34.5. The standard InChI is InChI=1S/C34H24N4O8S4.2Na/c39-31-25(13-9-21-3-1-15-35-29(21)31)33(47)37-23-11-7-19(27(17-23)49(41,42)43)5-6-20-8-12-24(18-28(20)50(44,45)46)38-34(48)26-14-10-22-4-2-16-36-30(22)32(26)40;;/h1-18,39-40H,(H,37,47)(H,38,48)(H,41,42,43)(H,44,45,46);;/q;2*+1/p-2. The van der Waals surface area contributed by atoms with Gasteiger partial charge in [-0.2, -0.15) is 0 Å². The van der Waals surface area contributed by atoms with Gasteiger partial charge in [0.1, 0.15) is 41.2 Å². The number of phenolic OH excluding ortho intramolecular Hbond substituents is 2. The summed E-state index contributed by atoms with van der Waals surface area (Å²) in [5.74, 6) is -0.374. The van der Waals surface area contributed by atoms with Crippen LogP contribution in [0.2, 0.25) is 0 Å². The van der Waals surface area contributed by atoms with Crippen LogP contribution >= 0.6 is 24.4 Å². The molecule has 52 heavy (non-hydrogen) atoms. The topological polar surface area (TPSA) is 205 Å². The van der Waals surface area contributed by atoms with Crippen LogP contribution in [0.4, 0.5) is 11.4 Å². The van der Waals surface area contributed by atoms with E-state index in [9.17, 15) is 36.2 Å². The SMILES string of the molecule is O=S(=O)([O-])c1cc(NC(=S)c2ccc3cccnc3c2O)ccc1C=Cc1ccc(NC(=S)c2ccc3cccnc3c2O)cc1S(=O)(=O)[O-].[Na+].[Na+]. The van der Waals surface area contributed by atoms with Crippen molar-refractivity contribution in [3.05, 3.63) is 120 Å². The van der Waals surface area contributed by atoms with Crippen LogP contribution in [-0.2, 0) is 20.2 Å². The molecule has 6 aromatic rings. The number of aromatic hydroxyl groups is 2. The molecule has 252 valence electrons. The maximum Gasteiger partial charge on any atom is 1.00 e. The van der Waals surface area contributed by atoms with Gasteiger partial charge in [-0.3, -0.25) is 9.97 Å². The van der Waals surface area contributed by atoms with Gasteiger partial charge < -0.3 is 30.0 Å². The predicted octanol–water partition coefficient (Wildman–Crippen LogP) is -0.244. The second-order valence-electron chi connectivity index (χ2n) is 10.7. The Morgan fingerprint density at radius 3 is 1.37 bits per heavy atom. The van der Waals surface area contributed by atoms with E-state index in [2.05, 4.69) is 20.6 Å². The average molecular weight is 789 g/mol. The zero-order valence-electron chi connectivity index (χ0n) is 27.3. The van der Waals surface area contributed by atoms with Crippen LogP contribution in [-0.4, -0.2) is 56.1 Å². The fourth-order valence-electron chi connectivity index (χ4n) is 5.13. The van der Waals surface area contributed by atoms with Gasteiger partial charge in [0.05, 0.1) is 20.9 Å². The van der Waals surface area contributed by atoms with Crippen molar-refractivity contribution in [3.8, 4) is 11.5 Å². The van der Waals surface area contributed by atoms with Crippen LogP contribution < -0.4 is 69.7 Å². The predicted molar refractivity (Wildman–Crippen MR) is 195 cm³/mol. The van der Waals surface area contributed by atoms with Gasteiger partial charge >= 0.3 is 59.1 Å². The van der Waals surface area contributed by atoms with Crippen molar-refractivity contribution in [2.75, 3.05) is 10.6 Å². The summed E-state index contributed by atoms with van der Waals surface area (Å²) >= 11 is 10.8. The first-order valence-electron chi connectivity index (χ1n) is 14.3. The minimum Gasteiger partial charge on any atom is -0.744 e. The normalized spacial score (nSPS) is 11.5. The maximum absolute atomic E-state index is 12.3. The summed E-state index contributed by atoms with van der Waals surface area (Å²) in [4.78, 5) is 7.04. The number of nitrogens with one attached hydrogen (secondary N) is 2. The first-order valence-corrected chi connectivity index (χ1v) is 18.0. The summed E-state index contributed by atoms with van der Waals surface area (Å²) in [5, 5.41) is 28.4. The van der Waals surface area contributed by atoms with E-state index in [-0.39, 0.29) is 114 Å². The number of hydrogen-bond donors (Lipinski definition) is 4. The number of anilines is 2. The third kappa shape index (κ3) is 9.04. The molecule has 0 fully saturated rings. The van der Waals surface area contributed by atoms with Gasteiger partial charge in [-0.25, -0.2) is 16.8 Å². The molecule has 18 heteroatoms. The number of fused-ring (bicyclic) bond motifs is 2. The van der Waals surface area contributed by atoms with Crippen molar-refractivity contribution >= 4 is 100.0 Å². The number of nitrogens with zero attached hydrogens (tertiary/aromatic N) is 2. The molecule has 0 atom stereocenters. The molecular formula is C34H22N4Na2O8S4. The summed E-state index contributed by atoms with van der Waals surface area (Å²) in [6.45, 7) is 0. The smallest absolute Gasteiger partial charge is 0.744 e. The number of phenols is 2. The van der Waals surface area contributed by atoms with E-state index >= 15 is 0 Å². The maximum atomic E-state index is 12.3. The number of benzene rings is 4. The third-order valence-corrected chi connectivity index (χ3v) is 9.94. The molecule has 0 radical (unpaired) electrons. The third-order valence-electron chi connectivity index (χ3n) is 7.51. The van der Waals surface area contributed by atoms with Crippen molar-refractivity contribution in [1.82, 2.24) is 9.97 Å². The van der Waals surface area contributed by atoms with Gasteiger partial charge in [-0.15, -0.1) is 0 Å². The number of rotatable bonds is 8. The molecule has 4 N–H and O–H groups in total. The molecule has 0 spiro atoms. The van der Waals surface area contributed by atoms with Crippen molar-refractivity contribution < 1.29 is 95.3 Å². The summed E-state index contributed by atoms with van der Waals surface area (Å²) in [7, 11) is -10.1. The number of hydrogen-bond acceptors (Lipinski definition) is 12. The molecule has 0 amide bonds. The van der Waals surface area contributed by atoms with E-state index in [1.807, 2.05) is 0 Å². The molecule has 12 nitrogen and oxygen atoms in total. The first kappa shape index (κ1) is 41.4. The number of pyridine rings is 2. The fourth-order valence-corrected chi connectivity index (χ4v) is 7.09. The summed E-state index contributed by atoms with van der Waals surface area (Å²) in [6.07, 6.45) is 5.37. The molecule has 0 saturated heterocycles. The first-order chi connectivity index (χ1) is 23.7. The second kappa shape index (κ2) is 16.8. The van der Waals surface area contributed by atoms with Gasteiger partial charge in [0, 0.05) is 34.5 Å². The summed E-state index contributed by atoms with van der Waals surface area (Å²) < 4.78 is 73.6. The minimum atomic E-state index is -5.07. The van der Waals surface area contributed by atoms with E-state index in [4.69, 9.17) is 24.4 Å². The Morgan fingerprint density at radius 1 is 0.615 bits per heavy atom. The molecule has 0 aliphatic rings. The molecule has 0 bridgehead atoms. The Labute approximate surface area is 353 Å². The van der Waals surface area contributed by atoms with E-state index in [0.717, 1.165) is 12.1 Å². The second-order valence-corrected chi connectivity index (χ2v) is 14.2. The molecule has 0 aliphatic carbocycles. The summed E-state index contributed by atoms with van der Waals surface area (Å²) in [5.41, 5.74) is 1.08. The largest absolute Gasteiger partial charge is 1.00 e. The molecule has 0 saturated carbocycles. The van der Waals surface area contributed by atoms with Gasteiger partial charge in [0.15, 0.2) is 11.5 Å². The Bertz CT molecular complexity index is 2460. The quantitative estimate of drug-likeness (QED) is 0.0681. The molecule has 0 unspecified atom stereocenters. The Kier molecular flexibility index (Phi) is 13.3. The monoisotopic (exact) mass is 788 g/mol. The molecular weight excluding hydrogens is 767 g/mol. The van der Waals surface area contributed by atoms with Crippen molar-refractivity contribution in [3.63, 3.8) is 0 Å². The van der Waals surface area contributed by atoms with Crippen LogP contribution in [0, 0.1) is 0 Å². The fraction of sp³-hybridized carbons (Fsp3) is 0. The molecule has 0 aliphatic heterocycles. The molecule has 6 rings (SSSR count). The Morgan fingerprint density at radius 2 is 1.00 bits per heavy atom. The van der Waals surface area contributed by atoms with E-state index < -0.39 is 30.0 Å². The van der Waals surface area contributed by atoms with Gasteiger partial charge in [0.2, 0.25) is 0 Å². The molecule has 2 aromatic heterocycles. The van der Waals surface area contributed by atoms with Crippen LogP contribution in [0.3, 0.4) is 0 Å². The molecule has 2 heterocycles. The van der Waals surface area contributed by atoms with Crippen LogP contribution in [0.25, 0.3) is 34.0 Å². The van der Waals surface area contributed by atoms with Crippen molar-refractivity contribution in [1.29, 1.82) is 0 Å². The Balaban J connectivity index is 0.00000302. The van der Waals surface area contributed by atoms with E-state index in [0.29, 0.717) is 21.8 Å². The van der Waals surface area contributed by atoms with Crippen molar-refractivity contribution in [2.24, 2.45) is 0 Å². The van der Waals surface area contributed by atoms with Crippen LogP contribution in [0.5, 0.6) is 11.5 Å². The van der Waals surface area contributed by atoms with Gasteiger partial charge in [0.25, 0.3) is 0 Å². The zero-order chi connectivity index (χ0) is 35.8. The number of thiocarbonyl (C=S) groups is 2. The Hall–Kier alpha value is -3.36. The van der Waals surface area contributed by atoms with Crippen LogP contribution in [0.1, 0.15) is 22.3 Å². The van der Waals surface area contributed by atoms with Crippen molar-refractivity contribution in [2.45, 2.75) is 9.79 Å². The summed E-state index contributed by atoms with van der Waals surface area (Å²) in [6, 6.07) is 21.0. The van der Waals surface area contributed by atoms with E-state index in [1.165, 1.54) is 48.8 Å². The molecule has 4 aromatic carbocycles. The minimum absolute atomic E-state index is 0. The average Bonchev–Trinajstić information content (AvgIpc) is 3.07. The van der Waals surface area contributed by atoms with Gasteiger partial charge in [-0.05, 0) is 59.7 Å².